The van der Waals surface area contributed by atoms with Crippen LogP contribution in [0.2, 0.25) is 0 Å². The second-order valence-electron chi connectivity index (χ2n) is 6.23. The maximum absolute atomic E-state index is 12.8. The first-order chi connectivity index (χ1) is 14.7. The lowest BCUT2D eigenvalue weighted by atomic mass is 10.1. The molecular weight excluding hydrogens is 444 g/mol. The van der Waals surface area contributed by atoms with Crippen LogP contribution in [0.1, 0.15) is 10.4 Å². The van der Waals surface area contributed by atoms with Gasteiger partial charge in [-0.3, -0.25) is 4.79 Å². The first kappa shape index (κ1) is 24.5. The van der Waals surface area contributed by atoms with Crippen LogP contribution in [-0.2, 0) is 19.6 Å². The number of methoxy groups -OCH3 is 3. The third-order valence-electron chi connectivity index (χ3n) is 4.34. The topological polar surface area (TPSA) is 111 Å². The van der Waals surface area contributed by atoms with Crippen LogP contribution in [0, 0.1) is 0 Å². The van der Waals surface area contributed by atoms with E-state index in [1.165, 1.54) is 64.4 Å². The number of sulfonamides is 1. The highest BCUT2D eigenvalue weighted by Crippen LogP contribution is 2.33. The van der Waals surface area contributed by atoms with Gasteiger partial charge in [-0.2, -0.15) is 4.31 Å². The van der Waals surface area contributed by atoms with Crippen molar-refractivity contribution in [3.05, 3.63) is 42.0 Å². The number of carbonyl (C=O) groups excluding carboxylic acids is 2. The Balaban J connectivity index is 2.25. The molecule has 0 aliphatic carbocycles. The van der Waals surface area contributed by atoms with Crippen molar-refractivity contribution in [2.24, 2.45) is 0 Å². The van der Waals surface area contributed by atoms with E-state index in [1.807, 2.05) is 6.26 Å². The minimum Gasteiger partial charge on any atom is -0.493 e. The number of nitrogens with one attached hydrogen (secondary N) is 1. The van der Waals surface area contributed by atoms with Crippen LogP contribution in [0.3, 0.4) is 0 Å². The molecule has 1 N–H and O–H groups in total. The van der Waals surface area contributed by atoms with Gasteiger partial charge in [-0.05, 0) is 30.5 Å². The summed E-state index contributed by atoms with van der Waals surface area (Å²) in [4.78, 5) is 25.7. The van der Waals surface area contributed by atoms with Crippen molar-refractivity contribution in [1.29, 1.82) is 0 Å². The molecule has 0 aliphatic heterocycles. The fraction of sp³-hybridized carbons (Fsp3) is 0.300. The van der Waals surface area contributed by atoms with Gasteiger partial charge >= 0.3 is 5.97 Å². The average molecular weight is 469 g/mol. The van der Waals surface area contributed by atoms with Crippen LogP contribution in [0.5, 0.6) is 11.5 Å². The van der Waals surface area contributed by atoms with Gasteiger partial charge in [0, 0.05) is 24.1 Å². The first-order valence-corrected chi connectivity index (χ1v) is 11.6. The maximum atomic E-state index is 12.8. The highest BCUT2D eigenvalue weighted by Gasteiger charge is 2.24. The van der Waals surface area contributed by atoms with Gasteiger partial charge in [0.1, 0.15) is 0 Å². The summed E-state index contributed by atoms with van der Waals surface area (Å²) in [5.41, 5.74) is 0.135. The summed E-state index contributed by atoms with van der Waals surface area (Å²) in [7, 11) is 1.43. The Morgan fingerprint density at radius 1 is 1.03 bits per heavy atom. The standard InChI is InChI=1S/C20H24N2O7S2/c1-22(31(25,26)14-8-6-13(30-5)7-9-14)12-19(23)21-16-11-18(28-3)17(27-2)10-15(16)20(24)29-4/h6-11H,12H2,1-5H3,(H,21,23). The van der Waals surface area contributed by atoms with E-state index in [0.29, 0.717) is 0 Å². The average Bonchev–Trinajstić information content (AvgIpc) is 2.77. The number of rotatable bonds is 9. The number of hydrogen-bond donors (Lipinski definition) is 1. The summed E-state index contributed by atoms with van der Waals surface area (Å²) >= 11 is 1.49. The SMILES string of the molecule is COC(=O)c1cc(OC)c(OC)cc1NC(=O)CN(C)S(=O)(=O)c1ccc(SC)cc1. The maximum Gasteiger partial charge on any atom is 0.340 e. The fourth-order valence-corrected chi connectivity index (χ4v) is 4.20. The lowest BCUT2D eigenvalue weighted by Crippen LogP contribution is -2.35. The molecule has 11 heteroatoms. The zero-order chi connectivity index (χ0) is 23.2. The number of nitrogens with zero attached hydrogens (tertiary/aromatic N) is 1. The van der Waals surface area contributed by atoms with E-state index in [-0.39, 0.29) is 27.6 Å². The zero-order valence-corrected chi connectivity index (χ0v) is 19.4. The molecule has 0 saturated carbocycles. The number of thioether (sulfide) groups is 1. The number of esters is 1. The molecule has 0 spiro atoms. The molecule has 2 aromatic rings. The molecule has 2 aromatic carbocycles. The smallest absolute Gasteiger partial charge is 0.340 e. The molecule has 2 rings (SSSR count). The highest BCUT2D eigenvalue weighted by atomic mass is 32.2. The summed E-state index contributed by atoms with van der Waals surface area (Å²) in [5.74, 6) is -0.801. The van der Waals surface area contributed by atoms with Crippen molar-refractivity contribution in [3.63, 3.8) is 0 Å². The van der Waals surface area contributed by atoms with Crippen LogP contribution in [0.25, 0.3) is 0 Å². The Morgan fingerprint density at radius 3 is 2.13 bits per heavy atom. The van der Waals surface area contributed by atoms with E-state index < -0.39 is 28.4 Å². The van der Waals surface area contributed by atoms with E-state index in [2.05, 4.69) is 5.32 Å². The number of amides is 1. The Labute approximate surface area is 185 Å². The molecule has 0 fully saturated rings. The first-order valence-electron chi connectivity index (χ1n) is 8.92. The fourth-order valence-electron chi connectivity index (χ4n) is 2.67. The molecule has 0 atom stereocenters. The number of carbonyl (C=O) groups is 2. The minimum absolute atomic E-state index is 0.0339. The number of likely N-dealkylation sites (N-methyl/N-ethyl adjacent to an activating group) is 1. The van der Waals surface area contributed by atoms with E-state index in [0.717, 1.165) is 9.20 Å². The Hall–Kier alpha value is -2.76. The quantitative estimate of drug-likeness (QED) is 0.441. The molecule has 31 heavy (non-hydrogen) atoms. The normalized spacial score (nSPS) is 11.2. The second-order valence-corrected chi connectivity index (χ2v) is 9.15. The second kappa shape index (κ2) is 10.5. The predicted octanol–water partition coefficient (Wildman–Crippen LogP) is 2.47. The summed E-state index contributed by atoms with van der Waals surface area (Å²) < 4.78 is 41.6. The van der Waals surface area contributed by atoms with Crippen LogP contribution in [0.15, 0.2) is 46.2 Å². The van der Waals surface area contributed by atoms with Gasteiger partial charge in [0.2, 0.25) is 15.9 Å². The number of anilines is 1. The summed E-state index contributed by atoms with van der Waals surface area (Å²) in [6.07, 6.45) is 1.89. The Kier molecular flexibility index (Phi) is 8.31. The van der Waals surface area contributed by atoms with Crippen molar-refractivity contribution in [2.75, 3.05) is 46.5 Å². The van der Waals surface area contributed by atoms with Crippen molar-refractivity contribution >= 4 is 39.3 Å². The Morgan fingerprint density at radius 2 is 1.61 bits per heavy atom. The van der Waals surface area contributed by atoms with E-state index >= 15 is 0 Å². The number of hydrogen-bond acceptors (Lipinski definition) is 8. The number of ether oxygens (including phenoxy) is 3. The molecule has 0 heterocycles. The van der Waals surface area contributed by atoms with E-state index in [4.69, 9.17) is 14.2 Å². The summed E-state index contributed by atoms with van der Waals surface area (Å²) in [5, 5.41) is 2.54. The van der Waals surface area contributed by atoms with Crippen LogP contribution >= 0.6 is 11.8 Å². The van der Waals surface area contributed by atoms with Gasteiger partial charge in [-0.25, -0.2) is 13.2 Å². The largest absolute Gasteiger partial charge is 0.493 e. The van der Waals surface area contributed by atoms with Gasteiger partial charge in [0.25, 0.3) is 0 Å². The van der Waals surface area contributed by atoms with Gasteiger partial charge in [-0.15, -0.1) is 11.8 Å². The van der Waals surface area contributed by atoms with Gasteiger partial charge in [-0.1, -0.05) is 0 Å². The van der Waals surface area contributed by atoms with Crippen molar-refractivity contribution in [2.45, 2.75) is 9.79 Å². The molecule has 0 bridgehead atoms. The third-order valence-corrected chi connectivity index (χ3v) is 6.90. The highest BCUT2D eigenvalue weighted by molar-refractivity contribution is 7.98. The molecule has 0 aromatic heterocycles. The van der Waals surface area contributed by atoms with E-state index in [1.54, 1.807) is 12.1 Å². The number of benzene rings is 2. The molecule has 0 radical (unpaired) electrons. The third kappa shape index (κ3) is 5.69. The predicted molar refractivity (Wildman–Crippen MR) is 118 cm³/mol. The molecular formula is C20H24N2O7S2. The Bertz CT molecular complexity index is 1050. The lowest BCUT2D eigenvalue weighted by Gasteiger charge is -2.18. The van der Waals surface area contributed by atoms with Crippen molar-refractivity contribution < 1.29 is 32.2 Å². The molecule has 9 nitrogen and oxygen atoms in total. The molecule has 0 unspecified atom stereocenters. The lowest BCUT2D eigenvalue weighted by molar-refractivity contribution is -0.116. The van der Waals surface area contributed by atoms with Gasteiger partial charge < -0.3 is 19.5 Å². The minimum atomic E-state index is -3.88. The monoisotopic (exact) mass is 468 g/mol. The zero-order valence-electron chi connectivity index (χ0n) is 17.8. The summed E-state index contributed by atoms with van der Waals surface area (Å²) in [6.45, 7) is -0.471. The van der Waals surface area contributed by atoms with Crippen LogP contribution in [-0.4, -0.2) is 65.8 Å². The van der Waals surface area contributed by atoms with Crippen molar-refractivity contribution in [3.8, 4) is 11.5 Å². The molecule has 0 aliphatic rings. The van der Waals surface area contributed by atoms with E-state index in [9.17, 15) is 18.0 Å². The summed E-state index contributed by atoms with van der Waals surface area (Å²) in [6, 6.07) is 9.13. The van der Waals surface area contributed by atoms with Crippen LogP contribution in [0.4, 0.5) is 5.69 Å². The van der Waals surface area contributed by atoms with Gasteiger partial charge in [0.15, 0.2) is 11.5 Å². The molecule has 1 amide bonds. The van der Waals surface area contributed by atoms with Crippen molar-refractivity contribution in [1.82, 2.24) is 4.31 Å². The molecule has 168 valence electrons. The molecule has 0 saturated heterocycles. The van der Waals surface area contributed by atoms with Gasteiger partial charge in [0.05, 0.1) is 44.0 Å². The van der Waals surface area contributed by atoms with Crippen LogP contribution < -0.4 is 14.8 Å².